The Bertz CT molecular complexity index is 590. The van der Waals surface area contributed by atoms with Crippen LogP contribution in [0.25, 0.3) is 0 Å². The highest BCUT2D eigenvalue weighted by atomic mass is 32.2. The van der Waals surface area contributed by atoms with Crippen LogP contribution in [-0.2, 0) is 22.8 Å². The molecule has 112 valence electrons. The quantitative estimate of drug-likeness (QED) is 0.855. The molecule has 2 rings (SSSR count). The number of aromatic nitrogens is 3. The lowest BCUT2D eigenvalue weighted by Gasteiger charge is -2.14. The van der Waals surface area contributed by atoms with Crippen molar-refractivity contribution in [3.8, 4) is 0 Å². The first-order valence-electron chi connectivity index (χ1n) is 6.90. The van der Waals surface area contributed by atoms with Crippen molar-refractivity contribution in [1.82, 2.24) is 20.1 Å². The van der Waals surface area contributed by atoms with E-state index in [1.54, 1.807) is 4.57 Å². The summed E-state index contributed by atoms with van der Waals surface area (Å²) in [5.74, 6) is 0.601. The van der Waals surface area contributed by atoms with Crippen LogP contribution in [0.2, 0.25) is 0 Å². The summed E-state index contributed by atoms with van der Waals surface area (Å²) in [5.41, 5.74) is 0. The molecule has 0 radical (unpaired) electrons. The zero-order valence-corrected chi connectivity index (χ0v) is 12.6. The van der Waals surface area contributed by atoms with E-state index in [0.717, 1.165) is 12.8 Å². The summed E-state index contributed by atoms with van der Waals surface area (Å²) >= 11 is 0. The number of rotatable bonds is 4. The highest BCUT2D eigenvalue weighted by Gasteiger charge is 2.25. The Morgan fingerprint density at radius 3 is 2.65 bits per heavy atom. The van der Waals surface area contributed by atoms with Crippen LogP contribution >= 0.6 is 0 Å². The van der Waals surface area contributed by atoms with Crippen molar-refractivity contribution in [2.75, 3.05) is 11.5 Å². The van der Waals surface area contributed by atoms with Gasteiger partial charge in [-0.05, 0) is 12.8 Å². The Kier molecular flexibility index (Phi) is 4.42. The van der Waals surface area contributed by atoms with Crippen LogP contribution in [0.5, 0.6) is 0 Å². The molecule has 7 nitrogen and oxygen atoms in total. The van der Waals surface area contributed by atoms with E-state index in [9.17, 15) is 13.2 Å². The van der Waals surface area contributed by atoms with Crippen LogP contribution in [0.15, 0.2) is 0 Å². The molecule has 0 fully saturated rings. The van der Waals surface area contributed by atoms with Gasteiger partial charge in [0.25, 0.3) is 5.91 Å². The fourth-order valence-electron chi connectivity index (χ4n) is 2.25. The lowest BCUT2D eigenvalue weighted by Crippen LogP contribution is -2.35. The summed E-state index contributed by atoms with van der Waals surface area (Å²) in [6.07, 6.45) is 2.00. The Balaban J connectivity index is 2.19. The molecule has 8 heteroatoms. The van der Waals surface area contributed by atoms with E-state index in [2.05, 4.69) is 15.5 Å². The number of nitrogens with one attached hydrogen (secondary N) is 1. The molecule has 1 aromatic rings. The Hall–Kier alpha value is -1.44. The lowest BCUT2D eigenvalue weighted by molar-refractivity contribution is 0.0919. The van der Waals surface area contributed by atoms with Gasteiger partial charge in [0.2, 0.25) is 5.82 Å². The SMILES string of the molecule is CCC(CC)NC(=O)c1nnc2n1CCS(=O)(=O)CC2. The third-order valence-corrected chi connectivity index (χ3v) is 5.24. The average Bonchev–Trinajstić information content (AvgIpc) is 2.77. The van der Waals surface area contributed by atoms with Crippen molar-refractivity contribution in [1.29, 1.82) is 0 Å². The molecule has 0 unspecified atom stereocenters. The second-order valence-corrected chi connectivity index (χ2v) is 7.28. The van der Waals surface area contributed by atoms with Crippen LogP contribution in [0.4, 0.5) is 0 Å². The summed E-state index contributed by atoms with van der Waals surface area (Å²) in [7, 11) is -3.05. The first kappa shape index (κ1) is 15.0. The van der Waals surface area contributed by atoms with Gasteiger partial charge in [-0.2, -0.15) is 0 Å². The summed E-state index contributed by atoms with van der Waals surface area (Å²) < 4.78 is 24.9. The van der Waals surface area contributed by atoms with Gasteiger partial charge in [-0.3, -0.25) is 4.79 Å². The number of aryl methyl sites for hydroxylation is 1. The summed E-state index contributed by atoms with van der Waals surface area (Å²) in [5, 5.41) is 10.8. The predicted octanol–water partition coefficient (Wildman–Crippen LogP) is 0.167. The Morgan fingerprint density at radius 1 is 1.30 bits per heavy atom. The third-order valence-electron chi connectivity index (χ3n) is 3.61. The number of carbonyl (C=O) groups is 1. The molecule has 2 heterocycles. The fraction of sp³-hybridized carbons (Fsp3) is 0.750. The van der Waals surface area contributed by atoms with Crippen molar-refractivity contribution in [3.05, 3.63) is 11.6 Å². The molecule has 0 atom stereocenters. The maximum absolute atomic E-state index is 12.2. The van der Waals surface area contributed by atoms with Gasteiger partial charge in [-0.1, -0.05) is 13.8 Å². The summed E-state index contributed by atoms with van der Waals surface area (Å²) in [6, 6.07) is 0.102. The zero-order chi connectivity index (χ0) is 14.8. The molecular formula is C12H20N4O3S. The van der Waals surface area contributed by atoms with Gasteiger partial charge < -0.3 is 9.88 Å². The van der Waals surface area contributed by atoms with E-state index in [4.69, 9.17) is 0 Å². The van der Waals surface area contributed by atoms with Crippen LogP contribution in [0.1, 0.15) is 43.1 Å². The minimum atomic E-state index is -3.05. The van der Waals surface area contributed by atoms with Crippen molar-refractivity contribution in [3.63, 3.8) is 0 Å². The number of amides is 1. The van der Waals surface area contributed by atoms with E-state index in [0.29, 0.717) is 12.2 Å². The van der Waals surface area contributed by atoms with Gasteiger partial charge in [0, 0.05) is 19.0 Å². The number of fused-ring (bicyclic) bond motifs is 1. The molecule has 1 aromatic heterocycles. The minimum Gasteiger partial charge on any atom is -0.347 e. The normalized spacial score (nSPS) is 17.6. The molecule has 1 N–H and O–H groups in total. The number of hydrogen-bond acceptors (Lipinski definition) is 5. The van der Waals surface area contributed by atoms with Crippen LogP contribution in [0, 0.1) is 0 Å². The van der Waals surface area contributed by atoms with Gasteiger partial charge in [0.05, 0.1) is 11.5 Å². The fourth-order valence-corrected chi connectivity index (χ4v) is 3.40. The van der Waals surface area contributed by atoms with Gasteiger partial charge in [0.1, 0.15) is 5.82 Å². The lowest BCUT2D eigenvalue weighted by atomic mass is 10.2. The van der Waals surface area contributed by atoms with Gasteiger partial charge >= 0.3 is 0 Å². The zero-order valence-electron chi connectivity index (χ0n) is 11.8. The molecule has 1 amide bonds. The number of carbonyl (C=O) groups excluding carboxylic acids is 1. The number of nitrogens with zero attached hydrogens (tertiary/aromatic N) is 3. The van der Waals surface area contributed by atoms with Crippen molar-refractivity contribution in [2.45, 2.75) is 45.7 Å². The number of hydrogen-bond donors (Lipinski definition) is 1. The van der Waals surface area contributed by atoms with Crippen LogP contribution < -0.4 is 5.32 Å². The van der Waals surface area contributed by atoms with Gasteiger partial charge in [0.15, 0.2) is 9.84 Å². The highest BCUT2D eigenvalue weighted by Crippen LogP contribution is 2.11. The molecule has 20 heavy (non-hydrogen) atoms. The minimum absolute atomic E-state index is 0.0311. The molecule has 0 spiro atoms. The molecule has 0 saturated carbocycles. The maximum atomic E-state index is 12.2. The van der Waals surface area contributed by atoms with Gasteiger partial charge in [-0.25, -0.2) is 8.42 Å². The first-order chi connectivity index (χ1) is 9.46. The number of sulfone groups is 1. The third kappa shape index (κ3) is 3.17. The van der Waals surface area contributed by atoms with Gasteiger partial charge in [-0.15, -0.1) is 10.2 Å². The second-order valence-electron chi connectivity index (χ2n) is 4.98. The standard InChI is InChI=1S/C12H20N4O3S/c1-3-9(4-2)13-12(17)11-15-14-10-5-7-20(18,19)8-6-16(10)11/h9H,3-8H2,1-2H3,(H,13,17). The van der Waals surface area contributed by atoms with E-state index < -0.39 is 9.84 Å². The van der Waals surface area contributed by atoms with Crippen molar-refractivity contribution >= 4 is 15.7 Å². The molecule has 0 aromatic carbocycles. The first-order valence-corrected chi connectivity index (χ1v) is 8.72. The van der Waals surface area contributed by atoms with E-state index in [1.165, 1.54) is 0 Å². The Morgan fingerprint density at radius 2 is 2.00 bits per heavy atom. The van der Waals surface area contributed by atoms with E-state index in [-0.39, 0.29) is 35.8 Å². The monoisotopic (exact) mass is 300 g/mol. The van der Waals surface area contributed by atoms with E-state index in [1.807, 2.05) is 13.8 Å². The average molecular weight is 300 g/mol. The van der Waals surface area contributed by atoms with Crippen LogP contribution in [0.3, 0.4) is 0 Å². The Labute approximate surface area is 118 Å². The summed E-state index contributed by atoms with van der Waals surface area (Å²) in [6.45, 7) is 4.26. The summed E-state index contributed by atoms with van der Waals surface area (Å²) in [4.78, 5) is 12.2. The molecule has 0 aliphatic carbocycles. The smallest absolute Gasteiger partial charge is 0.289 e. The van der Waals surface area contributed by atoms with Crippen molar-refractivity contribution in [2.24, 2.45) is 0 Å². The molecular weight excluding hydrogens is 280 g/mol. The van der Waals surface area contributed by atoms with Crippen LogP contribution in [-0.4, -0.2) is 46.6 Å². The van der Waals surface area contributed by atoms with E-state index >= 15 is 0 Å². The van der Waals surface area contributed by atoms with Crippen molar-refractivity contribution < 1.29 is 13.2 Å². The predicted molar refractivity (Wildman–Crippen MR) is 74.2 cm³/mol. The maximum Gasteiger partial charge on any atom is 0.289 e. The topological polar surface area (TPSA) is 93.9 Å². The highest BCUT2D eigenvalue weighted by molar-refractivity contribution is 7.91. The molecule has 0 saturated heterocycles. The molecule has 1 aliphatic rings. The molecule has 1 aliphatic heterocycles. The second kappa shape index (κ2) is 5.90. The largest absolute Gasteiger partial charge is 0.347 e. The molecule has 0 bridgehead atoms.